The molecule has 14 heavy (non-hydrogen) atoms. The number of aromatic nitrogens is 1. The Labute approximate surface area is 86.3 Å². The van der Waals surface area contributed by atoms with Crippen LogP contribution in [0, 0.1) is 0 Å². The monoisotopic (exact) mass is 265 g/mol. The van der Waals surface area contributed by atoms with Crippen LogP contribution in [0.3, 0.4) is 0 Å². The minimum atomic E-state index is -2.87. The Kier molecular flexibility index (Phi) is 3.51. The molecule has 6 heteroatoms. The van der Waals surface area contributed by atoms with Gasteiger partial charge in [0.05, 0.1) is 11.1 Å². The molecule has 3 nitrogen and oxygen atoms in total. The fraction of sp³-hybridized carbons (Fsp3) is 0.250. The molecule has 1 heterocycles. The molecule has 0 fully saturated rings. The Balaban J connectivity index is 3.43. The van der Waals surface area contributed by atoms with Crippen molar-refractivity contribution in [3.05, 3.63) is 33.2 Å². The van der Waals surface area contributed by atoms with Gasteiger partial charge in [-0.05, 0) is 0 Å². The van der Waals surface area contributed by atoms with Crippen LogP contribution in [0.4, 0.5) is 8.78 Å². The zero-order valence-electron chi connectivity index (χ0n) is 6.89. The number of pyridine rings is 1. The van der Waals surface area contributed by atoms with Gasteiger partial charge in [-0.2, -0.15) is 0 Å². The van der Waals surface area contributed by atoms with E-state index in [0.29, 0.717) is 5.69 Å². The molecule has 76 valence electrons. The van der Waals surface area contributed by atoms with E-state index in [4.69, 9.17) is 0 Å². The SMILES string of the molecule is O=Cc1c(CBr)[nH]cc(C(F)F)c1=O. The molecule has 1 N–H and O–H groups in total. The maximum atomic E-state index is 12.2. The number of hydrogen-bond donors (Lipinski definition) is 1. The van der Waals surface area contributed by atoms with Crippen molar-refractivity contribution in [3.63, 3.8) is 0 Å². The van der Waals surface area contributed by atoms with Crippen LogP contribution in [0.1, 0.15) is 28.0 Å². The Morgan fingerprint density at radius 2 is 2.21 bits per heavy atom. The molecule has 0 atom stereocenters. The predicted octanol–water partition coefficient (Wildman–Crippen LogP) is 2.02. The summed E-state index contributed by atoms with van der Waals surface area (Å²) in [5, 5.41) is 0.236. The molecule has 1 aromatic rings. The number of hydrogen-bond acceptors (Lipinski definition) is 2. The summed E-state index contributed by atoms with van der Waals surface area (Å²) in [6.07, 6.45) is -1.67. The molecule has 0 aliphatic heterocycles. The molecule has 0 saturated heterocycles. The van der Waals surface area contributed by atoms with E-state index in [2.05, 4.69) is 20.9 Å². The van der Waals surface area contributed by atoms with Crippen molar-refractivity contribution in [1.82, 2.24) is 4.98 Å². The van der Waals surface area contributed by atoms with E-state index in [1.807, 2.05) is 0 Å². The largest absolute Gasteiger partial charge is 0.363 e. The third-order valence-electron chi connectivity index (χ3n) is 1.72. The molecule has 1 rings (SSSR count). The van der Waals surface area contributed by atoms with Gasteiger partial charge in [-0.1, -0.05) is 15.9 Å². The van der Waals surface area contributed by atoms with Gasteiger partial charge in [0, 0.05) is 17.2 Å². The van der Waals surface area contributed by atoms with Crippen molar-refractivity contribution < 1.29 is 13.6 Å². The smallest absolute Gasteiger partial charge is 0.269 e. The van der Waals surface area contributed by atoms with E-state index in [0.717, 1.165) is 6.20 Å². The van der Waals surface area contributed by atoms with Crippen LogP contribution in [0.2, 0.25) is 0 Å². The van der Waals surface area contributed by atoms with Gasteiger partial charge >= 0.3 is 0 Å². The van der Waals surface area contributed by atoms with Gasteiger partial charge in [0.25, 0.3) is 6.43 Å². The first-order valence-electron chi connectivity index (χ1n) is 3.65. The maximum absolute atomic E-state index is 12.2. The van der Waals surface area contributed by atoms with Gasteiger partial charge in [0.2, 0.25) is 5.43 Å². The topological polar surface area (TPSA) is 49.9 Å². The van der Waals surface area contributed by atoms with E-state index in [9.17, 15) is 18.4 Å². The van der Waals surface area contributed by atoms with Crippen LogP contribution in [-0.2, 0) is 5.33 Å². The Hall–Kier alpha value is -1.04. The van der Waals surface area contributed by atoms with E-state index in [1.165, 1.54) is 0 Å². The first-order valence-corrected chi connectivity index (χ1v) is 4.77. The summed E-state index contributed by atoms with van der Waals surface area (Å²) in [5.74, 6) is 0. The summed E-state index contributed by atoms with van der Waals surface area (Å²) in [5.41, 5.74) is -1.55. The van der Waals surface area contributed by atoms with Crippen molar-refractivity contribution in [2.45, 2.75) is 11.8 Å². The van der Waals surface area contributed by atoms with E-state index in [-0.39, 0.29) is 17.2 Å². The van der Waals surface area contributed by atoms with Gasteiger partial charge in [0.1, 0.15) is 0 Å². The molecule has 0 aliphatic carbocycles. The number of H-pyrrole nitrogens is 1. The van der Waals surface area contributed by atoms with Gasteiger partial charge in [0.15, 0.2) is 6.29 Å². The highest BCUT2D eigenvalue weighted by Gasteiger charge is 2.16. The first-order chi connectivity index (χ1) is 6.61. The second-order valence-electron chi connectivity index (χ2n) is 2.52. The lowest BCUT2D eigenvalue weighted by atomic mass is 10.1. The highest BCUT2D eigenvalue weighted by atomic mass is 79.9. The highest BCUT2D eigenvalue weighted by Crippen LogP contribution is 2.15. The van der Waals surface area contributed by atoms with Crippen molar-refractivity contribution >= 4 is 22.2 Å². The summed E-state index contributed by atoms with van der Waals surface area (Å²) in [6.45, 7) is 0. The molecule has 0 radical (unpaired) electrons. The number of rotatable bonds is 3. The summed E-state index contributed by atoms with van der Waals surface area (Å²) in [6, 6.07) is 0. The molecular formula is C8H6BrF2NO2. The fourth-order valence-corrected chi connectivity index (χ4v) is 1.46. The fourth-order valence-electron chi connectivity index (χ4n) is 0.998. The molecule has 1 aromatic heterocycles. The van der Waals surface area contributed by atoms with Gasteiger partial charge in [-0.25, -0.2) is 8.78 Å². The lowest BCUT2D eigenvalue weighted by molar-refractivity contribution is 0.112. The molecule has 0 spiro atoms. The molecule has 0 saturated carbocycles. The van der Waals surface area contributed by atoms with Crippen molar-refractivity contribution in [2.24, 2.45) is 0 Å². The minimum absolute atomic E-state index is 0.236. The van der Waals surface area contributed by atoms with E-state index in [1.54, 1.807) is 0 Å². The second-order valence-corrected chi connectivity index (χ2v) is 3.08. The summed E-state index contributed by atoms with van der Waals surface area (Å²) < 4.78 is 24.5. The lowest BCUT2D eigenvalue weighted by Gasteiger charge is -2.03. The minimum Gasteiger partial charge on any atom is -0.363 e. The van der Waals surface area contributed by atoms with Gasteiger partial charge in [-0.3, -0.25) is 9.59 Å². The molecule has 0 amide bonds. The number of aldehydes is 1. The Morgan fingerprint density at radius 1 is 1.57 bits per heavy atom. The number of aromatic amines is 1. The summed E-state index contributed by atoms with van der Waals surface area (Å²) in [4.78, 5) is 24.2. The summed E-state index contributed by atoms with van der Waals surface area (Å²) >= 11 is 3.03. The number of nitrogens with one attached hydrogen (secondary N) is 1. The van der Waals surface area contributed by atoms with Crippen LogP contribution in [0.15, 0.2) is 11.0 Å². The number of halogens is 3. The molecule has 0 aromatic carbocycles. The highest BCUT2D eigenvalue weighted by molar-refractivity contribution is 9.08. The normalized spacial score (nSPS) is 10.6. The molecule has 0 bridgehead atoms. The standard InChI is InChI=1S/C8H6BrF2NO2/c9-1-6-5(3-13)7(14)4(2-12-6)8(10)11/h2-3,8H,1H2,(H,12,14). The number of alkyl halides is 3. The van der Waals surface area contributed by atoms with Crippen LogP contribution in [0.5, 0.6) is 0 Å². The van der Waals surface area contributed by atoms with Crippen molar-refractivity contribution in [3.8, 4) is 0 Å². The third-order valence-corrected chi connectivity index (χ3v) is 2.28. The summed E-state index contributed by atoms with van der Waals surface area (Å²) in [7, 11) is 0. The third kappa shape index (κ3) is 1.89. The average molecular weight is 266 g/mol. The zero-order chi connectivity index (χ0) is 10.7. The van der Waals surface area contributed by atoms with Crippen LogP contribution >= 0.6 is 15.9 Å². The predicted molar refractivity (Wildman–Crippen MR) is 50.0 cm³/mol. The first kappa shape index (κ1) is 11.0. The van der Waals surface area contributed by atoms with Gasteiger partial charge in [-0.15, -0.1) is 0 Å². The molecular weight excluding hydrogens is 260 g/mol. The molecule has 0 unspecified atom stereocenters. The Bertz CT molecular complexity index is 403. The number of carbonyl (C=O) groups excluding carboxylic acids is 1. The van der Waals surface area contributed by atoms with Crippen molar-refractivity contribution in [1.29, 1.82) is 0 Å². The number of carbonyl (C=O) groups is 1. The molecule has 0 aliphatic rings. The second kappa shape index (κ2) is 4.45. The lowest BCUT2D eigenvalue weighted by Crippen LogP contribution is -2.17. The Morgan fingerprint density at radius 3 is 2.64 bits per heavy atom. The van der Waals surface area contributed by atoms with Crippen LogP contribution < -0.4 is 5.43 Å². The maximum Gasteiger partial charge on any atom is 0.269 e. The van der Waals surface area contributed by atoms with Crippen molar-refractivity contribution in [2.75, 3.05) is 0 Å². The van der Waals surface area contributed by atoms with Crippen LogP contribution in [-0.4, -0.2) is 11.3 Å². The van der Waals surface area contributed by atoms with Gasteiger partial charge < -0.3 is 4.98 Å². The van der Waals surface area contributed by atoms with Crippen LogP contribution in [0.25, 0.3) is 0 Å². The van der Waals surface area contributed by atoms with E-state index >= 15 is 0 Å². The quantitative estimate of drug-likeness (QED) is 0.672. The zero-order valence-corrected chi connectivity index (χ0v) is 8.48. The van der Waals surface area contributed by atoms with E-state index < -0.39 is 17.4 Å². The average Bonchev–Trinajstić information content (AvgIpc) is 2.16.